The van der Waals surface area contributed by atoms with Gasteiger partial charge in [0.2, 0.25) is 0 Å². The van der Waals surface area contributed by atoms with E-state index in [1.54, 1.807) is 0 Å². The number of hydrogen-bond acceptors (Lipinski definition) is 3. The topological polar surface area (TPSA) is 41.5 Å². The molecule has 0 aliphatic heterocycles. The van der Waals surface area contributed by atoms with Crippen molar-refractivity contribution in [3.8, 4) is 0 Å². The average molecular weight is 324 g/mol. The first-order valence-electron chi connectivity index (χ1n) is 10.4. The summed E-state index contributed by atoms with van der Waals surface area (Å²) in [6.07, 6.45) is 19.5. The molecule has 3 heteroatoms. The molecule has 0 aromatic rings. The van der Waals surface area contributed by atoms with Crippen LogP contribution in [-0.2, 0) is 4.89 Å². The van der Waals surface area contributed by atoms with E-state index in [1.165, 1.54) is 89.9 Å². The molecule has 0 saturated heterocycles. The summed E-state index contributed by atoms with van der Waals surface area (Å²) in [5.41, 5.74) is 0. The standard InChI is InChI=1S/C20H37NO2/c22-23-15-18-12-11-17(13-16-7-3-1-4-8-16)14-20(18)21-19-9-5-2-6-10-19/h16-22H,1-15H2. The molecule has 0 amide bonds. The normalized spacial score (nSPS) is 34.6. The van der Waals surface area contributed by atoms with E-state index in [9.17, 15) is 0 Å². The Morgan fingerprint density at radius 3 is 2.17 bits per heavy atom. The summed E-state index contributed by atoms with van der Waals surface area (Å²) in [7, 11) is 0. The van der Waals surface area contributed by atoms with Gasteiger partial charge in [-0.05, 0) is 50.4 Å². The molecule has 0 bridgehead atoms. The van der Waals surface area contributed by atoms with Crippen molar-refractivity contribution < 1.29 is 10.1 Å². The summed E-state index contributed by atoms with van der Waals surface area (Å²) in [6.45, 7) is 0.514. The molecule has 3 saturated carbocycles. The third-order valence-electron chi connectivity index (χ3n) is 6.84. The lowest BCUT2D eigenvalue weighted by atomic mass is 9.72. The highest BCUT2D eigenvalue weighted by atomic mass is 17.1. The third kappa shape index (κ3) is 5.44. The highest BCUT2D eigenvalue weighted by Crippen LogP contribution is 2.37. The fourth-order valence-corrected chi connectivity index (χ4v) is 5.50. The van der Waals surface area contributed by atoms with Crippen LogP contribution in [-0.4, -0.2) is 23.9 Å². The minimum absolute atomic E-state index is 0.504. The predicted octanol–water partition coefficient (Wildman–Crippen LogP) is 5.15. The van der Waals surface area contributed by atoms with Crippen LogP contribution in [0.25, 0.3) is 0 Å². The maximum absolute atomic E-state index is 8.94. The number of rotatable bonds is 6. The van der Waals surface area contributed by atoms with Crippen LogP contribution in [0.2, 0.25) is 0 Å². The second-order valence-electron chi connectivity index (χ2n) is 8.58. The first-order valence-corrected chi connectivity index (χ1v) is 10.4. The predicted molar refractivity (Wildman–Crippen MR) is 94.4 cm³/mol. The van der Waals surface area contributed by atoms with Crippen LogP contribution in [0.5, 0.6) is 0 Å². The summed E-state index contributed by atoms with van der Waals surface area (Å²) in [4.78, 5) is 4.55. The molecule has 0 aromatic carbocycles. The van der Waals surface area contributed by atoms with Crippen LogP contribution in [0.1, 0.15) is 89.9 Å². The SMILES string of the molecule is OOCC1CCC(CC2CCCCC2)CC1NC1CCCCC1. The van der Waals surface area contributed by atoms with Crippen molar-refractivity contribution in [2.45, 2.75) is 102 Å². The summed E-state index contributed by atoms with van der Waals surface area (Å²) in [6, 6.07) is 1.27. The van der Waals surface area contributed by atoms with Crippen molar-refractivity contribution in [2.75, 3.05) is 6.61 Å². The molecule has 2 N–H and O–H groups in total. The molecule has 3 unspecified atom stereocenters. The Hall–Kier alpha value is -0.120. The van der Waals surface area contributed by atoms with E-state index in [0.29, 0.717) is 24.6 Å². The molecule has 0 radical (unpaired) electrons. The van der Waals surface area contributed by atoms with Gasteiger partial charge in [-0.1, -0.05) is 51.4 Å². The fraction of sp³-hybridized carbons (Fsp3) is 1.00. The van der Waals surface area contributed by atoms with E-state index >= 15 is 0 Å². The molecular formula is C20H37NO2. The van der Waals surface area contributed by atoms with Gasteiger partial charge >= 0.3 is 0 Å². The molecule has 3 aliphatic carbocycles. The molecule has 3 fully saturated rings. The first-order chi connectivity index (χ1) is 11.3. The van der Waals surface area contributed by atoms with Crippen molar-refractivity contribution in [2.24, 2.45) is 17.8 Å². The largest absolute Gasteiger partial charge is 0.311 e. The molecule has 134 valence electrons. The molecule has 3 rings (SSSR count). The molecule has 0 aromatic heterocycles. The Bertz CT molecular complexity index is 324. The lowest BCUT2D eigenvalue weighted by Crippen LogP contribution is -2.48. The van der Waals surface area contributed by atoms with Crippen molar-refractivity contribution in [3.63, 3.8) is 0 Å². The monoisotopic (exact) mass is 323 g/mol. The smallest absolute Gasteiger partial charge is 0.0862 e. The molecule has 23 heavy (non-hydrogen) atoms. The minimum Gasteiger partial charge on any atom is -0.311 e. The molecular weight excluding hydrogens is 286 g/mol. The van der Waals surface area contributed by atoms with Gasteiger partial charge in [0.1, 0.15) is 0 Å². The second kappa shape index (κ2) is 9.39. The first kappa shape index (κ1) is 17.7. The van der Waals surface area contributed by atoms with E-state index in [4.69, 9.17) is 5.26 Å². The lowest BCUT2D eigenvalue weighted by Gasteiger charge is -2.40. The Morgan fingerprint density at radius 1 is 0.783 bits per heavy atom. The van der Waals surface area contributed by atoms with Gasteiger partial charge in [-0.15, -0.1) is 0 Å². The van der Waals surface area contributed by atoms with Gasteiger partial charge in [0.25, 0.3) is 0 Å². The van der Waals surface area contributed by atoms with Crippen LogP contribution >= 0.6 is 0 Å². The summed E-state index contributed by atoms with van der Waals surface area (Å²) < 4.78 is 0. The summed E-state index contributed by atoms with van der Waals surface area (Å²) in [5.74, 6) is 2.40. The van der Waals surface area contributed by atoms with E-state index < -0.39 is 0 Å². The van der Waals surface area contributed by atoms with Gasteiger partial charge < -0.3 is 5.32 Å². The number of hydrogen-bond donors (Lipinski definition) is 2. The zero-order valence-electron chi connectivity index (χ0n) is 14.8. The second-order valence-corrected chi connectivity index (χ2v) is 8.58. The van der Waals surface area contributed by atoms with Crippen molar-refractivity contribution >= 4 is 0 Å². The average Bonchev–Trinajstić information content (AvgIpc) is 2.59. The lowest BCUT2D eigenvalue weighted by molar-refractivity contribution is -0.254. The van der Waals surface area contributed by atoms with Crippen molar-refractivity contribution in [1.82, 2.24) is 5.32 Å². The number of nitrogens with one attached hydrogen (secondary N) is 1. The van der Waals surface area contributed by atoms with Gasteiger partial charge in [-0.2, -0.15) is 0 Å². The molecule has 3 aliphatic rings. The van der Waals surface area contributed by atoms with Crippen molar-refractivity contribution in [3.05, 3.63) is 0 Å². The Labute approximate surface area is 142 Å². The van der Waals surface area contributed by atoms with E-state index in [0.717, 1.165) is 11.8 Å². The molecule has 3 atom stereocenters. The fourth-order valence-electron chi connectivity index (χ4n) is 5.50. The van der Waals surface area contributed by atoms with Crippen molar-refractivity contribution in [1.29, 1.82) is 0 Å². The van der Waals surface area contributed by atoms with Crippen LogP contribution < -0.4 is 5.32 Å². The van der Waals surface area contributed by atoms with Crippen LogP contribution in [0.3, 0.4) is 0 Å². The maximum Gasteiger partial charge on any atom is 0.0862 e. The highest BCUT2D eigenvalue weighted by Gasteiger charge is 2.33. The van der Waals surface area contributed by atoms with Crippen LogP contribution in [0, 0.1) is 17.8 Å². The van der Waals surface area contributed by atoms with Crippen LogP contribution in [0.15, 0.2) is 0 Å². The van der Waals surface area contributed by atoms with E-state index in [2.05, 4.69) is 10.2 Å². The van der Waals surface area contributed by atoms with E-state index in [-0.39, 0.29) is 0 Å². The van der Waals surface area contributed by atoms with Gasteiger partial charge in [0.15, 0.2) is 0 Å². The third-order valence-corrected chi connectivity index (χ3v) is 6.84. The van der Waals surface area contributed by atoms with Gasteiger partial charge in [-0.3, -0.25) is 5.26 Å². The quantitative estimate of drug-likeness (QED) is 0.524. The molecule has 3 nitrogen and oxygen atoms in total. The van der Waals surface area contributed by atoms with Crippen LogP contribution in [0.4, 0.5) is 0 Å². The minimum atomic E-state index is 0.504. The highest BCUT2D eigenvalue weighted by molar-refractivity contribution is 4.89. The maximum atomic E-state index is 8.94. The van der Waals surface area contributed by atoms with Gasteiger partial charge in [0, 0.05) is 18.0 Å². The zero-order valence-corrected chi connectivity index (χ0v) is 14.8. The Kier molecular flexibility index (Phi) is 7.22. The molecule has 0 heterocycles. The Morgan fingerprint density at radius 2 is 1.48 bits per heavy atom. The summed E-state index contributed by atoms with van der Waals surface area (Å²) >= 11 is 0. The van der Waals surface area contributed by atoms with Gasteiger partial charge in [0.05, 0.1) is 6.61 Å². The summed E-state index contributed by atoms with van der Waals surface area (Å²) in [5, 5.41) is 12.9. The van der Waals surface area contributed by atoms with E-state index in [1.807, 2.05) is 0 Å². The van der Waals surface area contributed by atoms with Gasteiger partial charge in [-0.25, -0.2) is 4.89 Å². The zero-order chi connectivity index (χ0) is 15.9. The molecule has 0 spiro atoms. The Balaban J connectivity index is 1.51.